The van der Waals surface area contributed by atoms with Crippen LogP contribution in [0.15, 0.2) is 146 Å². The molecule has 1 N–H and O–H groups in total. The predicted molar refractivity (Wildman–Crippen MR) is 362 cm³/mol. The number of rotatable bonds is 60. The highest BCUT2D eigenvalue weighted by atomic mass is 31.2. The van der Waals surface area contributed by atoms with Crippen molar-refractivity contribution in [3.05, 3.63) is 146 Å². The first-order chi connectivity index (χ1) is 41.0. The highest BCUT2D eigenvalue weighted by Gasteiger charge is 2.27. The minimum absolute atomic E-state index is 0.0215. The van der Waals surface area contributed by atoms with E-state index in [1.807, 2.05) is 21.1 Å². The smallest absolute Gasteiger partial charge is 0.462 e. The van der Waals surface area contributed by atoms with Gasteiger partial charge in [-0.2, -0.15) is 0 Å². The molecular formula is C74H125NO8P+. The lowest BCUT2D eigenvalue weighted by Gasteiger charge is -2.24. The van der Waals surface area contributed by atoms with Crippen molar-refractivity contribution < 1.29 is 42.1 Å². The molecule has 0 aromatic heterocycles. The van der Waals surface area contributed by atoms with Crippen LogP contribution < -0.4 is 0 Å². The van der Waals surface area contributed by atoms with Crippen LogP contribution in [0.4, 0.5) is 0 Å². The van der Waals surface area contributed by atoms with E-state index in [9.17, 15) is 19.0 Å². The first-order valence-electron chi connectivity index (χ1n) is 33.6. The summed E-state index contributed by atoms with van der Waals surface area (Å²) in [6.45, 7) is 4.19. The molecule has 10 heteroatoms. The number of hydrogen-bond acceptors (Lipinski definition) is 7. The Bertz CT molecular complexity index is 1930. The third-order valence-corrected chi connectivity index (χ3v) is 14.8. The first kappa shape index (κ1) is 79.9. The summed E-state index contributed by atoms with van der Waals surface area (Å²) in [5.41, 5.74) is 0. The van der Waals surface area contributed by atoms with Crippen molar-refractivity contribution in [2.75, 3.05) is 47.5 Å². The molecule has 478 valence electrons. The lowest BCUT2D eigenvalue weighted by atomic mass is 10.0. The van der Waals surface area contributed by atoms with Crippen LogP contribution in [-0.2, 0) is 32.7 Å². The van der Waals surface area contributed by atoms with Gasteiger partial charge in [-0.3, -0.25) is 18.6 Å². The SMILES string of the molecule is CC/C=C\C/C=C\C/C=C\C/C=C\C/C=C\C/C=C\C/C=C\C/C=C\CCCCCCCCC(=O)OC(COC(=O)CCCCCCCCCCCCCCCCCC/C=C\C/C=C\C/C=C\C/C=C\CC)COP(=O)(O)OCC[N+](C)(C)C. The molecule has 0 aliphatic carbocycles. The molecule has 0 amide bonds. The summed E-state index contributed by atoms with van der Waals surface area (Å²) in [5, 5.41) is 0. The van der Waals surface area contributed by atoms with Crippen molar-refractivity contribution in [3.63, 3.8) is 0 Å². The maximum absolute atomic E-state index is 12.9. The summed E-state index contributed by atoms with van der Waals surface area (Å²) in [4.78, 5) is 35.9. The van der Waals surface area contributed by atoms with Crippen LogP contribution in [0.3, 0.4) is 0 Å². The predicted octanol–water partition coefficient (Wildman–Crippen LogP) is 21.8. The molecule has 0 radical (unpaired) electrons. The van der Waals surface area contributed by atoms with E-state index >= 15 is 0 Å². The second kappa shape index (κ2) is 63.4. The van der Waals surface area contributed by atoms with Crippen molar-refractivity contribution in [3.8, 4) is 0 Å². The zero-order chi connectivity index (χ0) is 61.2. The van der Waals surface area contributed by atoms with Crippen molar-refractivity contribution >= 4 is 19.8 Å². The number of quaternary nitrogens is 1. The molecule has 0 aromatic carbocycles. The fourth-order valence-electron chi connectivity index (χ4n) is 8.79. The Balaban J connectivity index is 4.15. The number of phosphoric ester groups is 1. The summed E-state index contributed by atoms with van der Waals surface area (Å²) in [7, 11) is 1.45. The van der Waals surface area contributed by atoms with Gasteiger partial charge in [-0.05, 0) is 116 Å². The van der Waals surface area contributed by atoms with Crippen LogP contribution in [0.25, 0.3) is 0 Å². The number of hydrogen-bond donors (Lipinski definition) is 1. The molecular weight excluding hydrogens is 1060 g/mol. The topological polar surface area (TPSA) is 108 Å². The molecule has 0 spiro atoms. The van der Waals surface area contributed by atoms with Gasteiger partial charge >= 0.3 is 19.8 Å². The molecule has 2 atom stereocenters. The van der Waals surface area contributed by atoms with Gasteiger partial charge in [-0.25, -0.2) is 4.57 Å². The van der Waals surface area contributed by atoms with Crippen molar-refractivity contribution in [1.29, 1.82) is 0 Å². The van der Waals surface area contributed by atoms with E-state index in [2.05, 4.69) is 160 Å². The van der Waals surface area contributed by atoms with Gasteiger partial charge in [0.15, 0.2) is 6.10 Å². The Labute approximate surface area is 516 Å². The molecule has 0 heterocycles. The van der Waals surface area contributed by atoms with Crippen LogP contribution in [0.5, 0.6) is 0 Å². The van der Waals surface area contributed by atoms with Gasteiger partial charge < -0.3 is 18.9 Å². The average molecular weight is 1190 g/mol. The van der Waals surface area contributed by atoms with E-state index in [0.717, 1.165) is 135 Å². The molecule has 0 saturated carbocycles. The van der Waals surface area contributed by atoms with E-state index in [-0.39, 0.29) is 32.0 Å². The molecule has 0 bridgehead atoms. The monoisotopic (exact) mass is 1190 g/mol. The van der Waals surface area contributed by atoms with Crippen LogP contribution in [-0.4, -0.2) is 74.9 Å². The van der Waals surface area contributed by atoms with Gasteiger partial charge in [0, 0.05) is 12.8 Å². The maximum Gasteiger partial charge on any atom is 0.472 e. The van der Waals surface area contributed by atoms with Crippen molar-refractivity contribution in [2.45, 2.75) is 264 Å². The molecule has 0 aliphatic rings. The lowest BCUT2D eigenvalue weighted by molar-refractivity contribution is -0.870. The normalized spacial score (nSPS) is 14.1. The second-order valence-electron chi connectivity index (χ2n) is 23.1. The van der Waals surface area contributed by atoms with Gasteiger partial charge in [-0.1, -0.05) is 275 Å². The summed E-state index contributed by atoms with van der Waals surface area (Å²) in [5.74, 6) is -0.819. The van der Waals surface area contributed by atoms with E-state index in [4.69, 9.17) is 18.5 Å². The summed E-state index contributed by atoms with van der Waals surface area (Å²) in [6, 6.07) is 0. The molecule has 0 aliphatic heterocycles. The number of ether oxygens (including phenoxy) is 2. The molecule has 0 aromatic rings. The Morgan fingerprint density at radius 1 is 0.369 bits per heavy atom. The quantitative estimate of drug-likeness (QED) is 0.0211. The van der Waals surface area contributed by atoms with E-state index in [1.165, 1.54) is 89.9 Å². The summed E-state index contributed by atoms with van der Waals surface area (Å²) < 4.78 is 34.7. The molecule has 0 saturated heterocycles. The lowest BCUT2D eigenvalue weighted by Crippen LogP contribution is -2.37. The van der Waals surface area contributed by atoms with Gasteiger partial charge in [0.1, 0.15) is 19.8 Å². The summed E-state index contributed by atoms with van der Waals surface area (Å²) in [6.07, 6.45) is 93.6. The highest BCUT2D eigenvalue weighted by molar-refractivity contribution is 7.47. The standard InChI is InChI=1S/C74H124NO8P/c1-6-8-10-12-14-16-18-20-22-24-26-28-30-32-34-36-37-39-41-43-45-47-49-51-53-55-57-59-61-63-65-67-74(77)83-72(71-82-84(78,79)81-69-68-75(3,4)5)70-80-73(76)66-64-62-60-58-56-54-52-50-48-46-44-42-40-38-35-33-31-29-27-25-23-21-19-17-15-13-11-9-7-2/h8-11,14-17,20-23,26-29,32,34,37,39,43,45,49,51,72H,6-7,12-13,18-19,24-25,30-31,33,35-36,38,40-42,44,46-48,50,52-71H2,1-5H3/p+1/b10-8-,11-9-,16-14-,17-15-,22-20-,23-21-,28-26-,29-27-,34-32-,39-37-,45-43-,51-49-. The molecule has 84 heavy (non-hydrogen) atoms. The number of phosphoric acid groups is 1. The number of likely N-dealkylation sites (N-methyl/N-ethyl adjacent to an activating group) is 1. The zero-order valence-electron chi connectivity index (χ0n) is 54.3. The largest absolute Gasteiger partial charge is 0.472 e. The first-order valence-corrected chi connectivity index (χ1v) is 35.1. The van der Waals surface area contributed by atoms with E-state index in [1.54, 1.807) is 0 Å². The second-order valence-corrected chi connectivity index (χ2v) is 24.5. The van der Waals surface area contributed by atoms with Crippen LogP contribution in [0.1, 0.15) is 258 Å². The minimum Gasteiger partial charge on any atom is -0.462 e. The third-order valence-electron chi connectivity index (χ3n) is 13.9. The maximum atomic E-state index is 12.9. The molecule has 9 nitrogen and oxygen atoms in total. The van der Waals surface area contributed by atoms with Crippen LogP contribution >= 0.6 is 7.82 Å². The molecule has 0 fully saturated rings. The number of esters is 2. The van der Waals surface area contributed by atoms with Gasteiger partial charge in [0.25, 0.3) is 0 Å². The van der Waals surface area contributed by atoms with E-state index in [0.29, 0.717) is 17.4 Å². The number of nitrogens with zero attached hydrogens (tertiary/aromatic N) is 1. The summed E-state index contributed by atoms with van der Waals surface area (Å²) >= 11 is 0. The minimum atomic E-state index is -4.41. The Morgan fingerprint density at radius 3 is 0.952 bits per heavy atom. The number of carbonyl (C=O) groups excluding carboxylic acids is 2. The van der Waals surface area contributed by atoms with Gasteiger partial charge in [0.05, 0.1) is 27.7 Å². The molecule has 2 unspecified atom stereocenters. The highest BCUT2D eigenvalue weighted by Crippen LogP contribution is 2.43. The number of allylic oxidation sites excluding steroid dienone is 24. The third kappa shape index (κ3) is 67.0. The fraction of sp³-hybridized carbons (Fsp3) is 0.649. The fourth-order valence-corrected chi connectivity index (χ4v) is 9.53. The Hall–Kier alpha value is -4.11. The Kier molecular flexibility index (Phi) is 60.3. The van der Waals surface area contributed by atoms with Crippen molar-refractivity contribution in [1.82, 2.24) is 0 Å². The van der Waals surface area contributed by atoms with E-state index < -0.39 is 26.5 Å². The average Bonchev–Trinajstić information content (AvgIpc) is 3.61. The van der Waals surface area contributed by atoms with Crippen molar-refractivity contribution in [2.24, 2.45) is 0 Å². The number of carbonyl (C=O) groups is 2. The number of unbranched alkanes of at least 4 members (excludes halogenated alkanes) is 22. The zero-order valence-corrected chi connectivity index (χ0v) is 55.2. The van der Waals surface area contributed by atoms with Gasteiger partial charge in [0.2, 0.25) is 0 Å². The van der Waals surface area contributed by atoms with Gasteiger partial charge in [-0.15, -0.1) is 0 Å². The molecule has 0 rings (SSSR count). The van der Waals surface area contributed by atoms with Crippen LogP contribution in [0.2, 0.25) is 0 Å². The van der Waals surface area contributed by atoms with Crippen LogP contribution in [0, 0.1) is 0 Å². The Morgan fingerprint density at radius 2 is 0.643 bits per heavy atom.